The number of anilines is 2. The van der Waals surface area contributed by atoms with Gasteiger partial charge in [-0.15, -0.1) is 0 Å². The van der Waals surface area contributed by atoms with Crippen molar-refractivity contribution in [1.29, 1.82) is 0 Å². The molecular weight excluding hydrogens is 455 g/mol. The van der Waals surface area contributed by atoms with Crippen LogP contribution in [-0.2, 0) is 22.1 Å². The van der Waals surface area contributed by atoms with Crippen LogP contribution in [0.1, 0.15) is 63.6 Å². The number of aryl methyl sites for hydroxylation is 1. The van der Waals surface area contributed by atoms with Crippen molar-refractivity contribution in [3.63, 3.8) is 0 Å². The van der Waals surface area contributed by atoms with E-state index in [0.717, 1.165) is 48.0 Å². The van der Waals surface area contributed by atoms with Crippen molar-refractivity contribution >= 4 is 28.6 Å². The molecule has 1 N–H and O–H groups in total. The minimum atomic E-state index is -4.38. The van der Waals surface area contributed by atoms with E-state index in [0.29, 0.717) is 24.0 Å². The quantitative estimate of drug-likeness (QED) is 0.371. The predicted octanol–water partition coefficient (Wildman–Crippen LogP) is 7.29. The van der Waals surface area contributed by atoms with E-state index in [-0.39, 0.29) is 23.8 Å². The summed E-state index contributed by atoms with van der Waals surface area (Å²) in [7, 11) is 1.37. The van der Waals surface area contributed by atoms with Crippen molar-refractivity contribution in [3.8, 4) is 0 Å². The van der Waals surface area contributed by atoms with Gasteiger partial charge in [-0.05, 0) is 79.0 Å². The zero-order valence-corrected chi connectivity index (χ0v) is 20.6. The number of hydrogen-bond acceptors (Lipinski definition) is 4. The summed E-state index contributed by atoms with van der Waals surface area (Å²) >= 11 is 0. The van der Waals surface area contributed by atoms with E-state index in [1.807, 2.05) is 18.2 Å². The van der Waals surface area contributed by atoms with E-state index < -0.39 is 11.7 Å². The zero-order valence-electron chi connectivity index (χ0n) is 20.6. The first kappa shape index (κ1) is 25.1. The van der Waals surface area contributed by atoms with Crippen LogP contribution >= 0.6 is 0 Å². The van der Waals surface area contributed by atoms with Crippen molar-refractivity contribution < 1.29 is 22.7 Å². The highest BCUT2D eigenvalue weighted by atomic mass is 19.4. The van der Waals surface area contributed by atoms with Crippen LogP contribution < -0.4 is 5.32 Å². The van der Waals surface area contributed by atoms with Gasteiger partial charge in [-0.2, -0.15) is 13.2 Å². The van der Waals surface area contributed by atoms with Gasteiger partial charge in [0.25, 0.3) is 0 Å². The SMILES string of the molecule is COC(=O)CCc1ccc2c(c1)nc(Nc1ccc(C(F)(F)F)cc1)n2C1C[C@H](C)CC(C)(C)C1. The molecule has 188 valence electrons. The van der Waals surface area contributed by atoms with Gasteiger partial charge in [-0.1, -0.05) is 26.8 Å². The number of halogens is 3. The largest absolute Gasteiger partial charge is 0.469 e. The molecule has 1 aromatic heterocycles. The fourth-order valence-corrected chi connectivity index (χ4v) is 5.47. The highest BCUT2D eigenvalue weighted by molar-refractivity contribution is 5.81. The average Bonchev–Trinajstić information content (AvgIpc) is 3.12. The van der Waals surface area contributed by atoms with E-state index in [4.69, 9.17) is 9.72 Å². The molecule has 0 saturated heterocycles. The Balaban J connectivity index is 1.72. The molecular formula is C27H32F3N3O2. The average molecular weight is 488 g/mol. The molecule has 0 spiro atoms. The molecule has 0 bridgehead atoms. The van der Waals surface area contributed by atoms with Crippen molar-refractivity contribution in [3.05, 3.63) is 53.6 Å². The van der Waals surface area contributed by atoms with Crippen LogP contribution in [0.5, 0.6) is 0 Å². The van der Waals surface area contributed by atoms with Crippen LogP contribution in [-0.4, -0.2) is 22.6 Å². The third kappa shape index (κ3) is 5.80. The fraction of sp³-hybridized carbons (Fsp3) is 0.481. The Morgan fingerprint density at radius 1 is 1.17 bits per heavy atom. The number of imidazole rings is 1. The van der Waals surface area contributed by atoms with Crippen molar-refractivity contribution in [2.24, 2.45) is 11.3 Å². The van der Waals surface area contributed by atoms with Crippen LogP contribution in [0.4, 0.5) is 24.8 Å². The van der Waals surface area contributed by atoms with Gasteiger partial charge in [0.1, 0.15) is 0 Å². The summed E-state index contributed by atoms with van der Waals surface area (Å²) in [6.07, 6.45) is -0.417. The minimum absolute atomic E-state index is 0.172. The van der Waals surface area contributed by atoms with E-state index >= 15 is 0 Å². The second kappa shape index (κ2) is 9.55. The van der Waals surface area contributed by atoms with Crippen LogP contribution in [0.2, 0.25) is 0 Å². The van der Waals surface area contributed by atoms with Crippen LogP contribution in [0.25, 0.3) is 11.0 Å². The Bertz CT molecular complexity index is 1200. The van der Waals surface area contributed by atoms with Crippen LogP contribution in [0.3, 0.4) is 0 Å². The molecule has 8 heteroatoms. The summed E-state index contributed by atoms with van der Waals surface area (Å²) in [6, 6.07) is 11.2. The van der Waals surface area contributed by atoms with Gasteiger partial charge in [-0.25, -0.2) is 4.98 Å². The molecule has 1 aliphatic carbocycles. The highest BCUT2D eigenvalue weighted by Crippen LogP contribution is 2.46. The number of hydrogen-bond donors (Lipinski definition) is 1. The maximum atomic E-state index is 13.0. The van der Waals surface area contributed by atoms with Gasteiger partial charge < -0.3 is 14.6 Å². The predicted molar refractivity (Wildman–Crippen MR) is 131 cm³/mol. The number of rotatable bonds is 6. The molecule has 1 fully saturated rings. The van der Waals surface area contributed by atoms with E-state index in [2.05, 4.69) is 30.7 Å². The third-order valence-electron chi connectivity index (χ3n) is 6.80. The summed E-state index contributed by atoms with van der Waals surface area (Å²) in [5, 5.41) is 3.27. The lowest BCUT2D eigenvalue weighted by molar-refractivity contribution is -0.140. The smallest absolute Gasteiger partial charge is 0.416 e. The Kier molecular flexibility index (Phi) is 6.84. The molecule has 5 nitrogen and oxygen atoms in total. The van der Waals surface area contributed by atoms with Gasteiger partial charge in [0.2, 0.25) is 5.95 Å². The number of aromatic nitrogens is 2. The Morgan fingerprint density at radius 3 is 2.51 bits per heavy atom. The lowest BCUT2D eigenvalue weighted by Gasteiger charge is -2.40. The highest BCUT2D eigenvalue weighted by Gasteiger charge is 2.35. The van der Waals surface area contributed by atoms with E-state index in [9.17, 15) is 18.0 Å². The van der Waals surface area contributed by atoms with Gasteiger partial charge in [0, 0.05) is 18.2 Å². The number of alkyl halides is 3. The zero-order chi connectivity index (χ0) is 25.4. The molecule has 3 aromatic rings. The first-order valence-electron chi connectivity index (χ1n) is 12.0. The number of carbonyl (C=O) groups excluding carboxylic acids is 1. The molecule has 1 heterocycles. The normalized spacial score (nSPS) is 20.1. The van der Waals surface area contributed by atoms with Gasteiger partial charge >= 0.3 is 12.1 Å². The van der Waals surface area contributed by atoms with Gasteiger partial charge in [0.05, 0.1) is 23.7 Å². The Labute approximate surface area is 203 Å². The molecule has 1 saturated carbocycles. The number of nitrogens with one attached hydrogen (secondary N) is 1. The minimum Gasteiger partial charge on any atom is -0.469 e. The number of esters is 1. The van der Waals surface area contributed by atoms with E-state index in [1.54, 1.807) is 0 Å². The van der Waals surface area contributed by atoms with Gasteiger partial charge in [0.15, 0.2) is 0 Å². The summed E-state index contributed by atoms with van der Waals surface area (Å²) in [4.78, 5) is 16.4. The Morgan fingerprint density at radius 2 is 1.89 bits per heavy atom. The molecule has 0 aliphatic heterocycles. The summed E-state index contributed by atoms with van der Waals surface area (Å²) in [5.41, 5.74) is 2.77. The van der Waals surface area contributed by atoms with Crippen molar-refractivity contribution in [2.45, 2.75) is 65.1 Å². The molecule has 1 aliphatic rings. The first-order valence-corrected chi connectivity index (χ1v) is 12.0. The molecule has 1 unspecified atom stereocenters. The number of benzene rings is 2. The summed E-state index contributed by atoms with van der Waals surface area (Å²) in [6.45, 7) is 6.83. The topological polar surface area (TPSA) is 56.1 Å². The lowest BCUT2D eigenvalue weighted by atomic mass is 9.70. The number of nitrogens with zero attached hydrogens (tertiary/aromatic N) is 2. The van der Waals surface area contributed by atoms with Crippen LogP contribution in [0, 0.1) is 11.3 Å². The van der Waals surface area contributed by atoms with E-state index in [1.165, 1.54) is 19.2 Å². The maximum Gasteiger partial charge on any atom is 0.416 e. The number of carbonyl (C=O) groups is 1. The number of ether oxygens (including phenoxy) is 1. The second-order valence-electron chi connectivity index (χ2n) is 10.5. The molecule has 35 heavy (non-hydrogen) atoms. The summed E-state index contributed by atoms with van der Waals surface area (Å²) in [5.74, 6) is 0.887. The monoisotopic (exact) mass is 487 g/mol. The third-order valence-corrected chi connectivity index (χ3v) is 6.80. The van der Waals surface area contributed by atoms with Crippen molar-refractivity contribution in [2.75, 3.05) is 12.4 Å². The van der Waals surface area contributed by atoms with Gasteiger partial charge in [-0.3, -0.25) is 4.79 Å². The Hall–Kier alpha value is -3.03. The fourth-order valence-electron chi connectivity index (χ4n) is 5.47. The molecule has 0 amide bonds. The lowest BCUT2D eigenvalue weighted by Crippen LogP contribution is -2.29. The van der Waals surface area contributed by atoms with Crippen molar-refractivity contribution in [1.82, 2.24) is 9.55 Å². The standard InChI is InChI=1S/C27H32F3N3O2/c1-17-13-21(16-26(2,3)15-17)33-23-11-5-18(6-12-24(34)35-4)14-22(23)32-25(33)31-20-9-7-19(8-10-20)27(28,29)30/h5,7-11,14,17,21H,6,12-13,15-16H2,1-4H3,(H,31,32)/t17-,21?/m0/s1. The van der Waals surface area contributed by atoms with Crippen LogP contribution in [0.15, 0.2) is 42.5 Å². The molecule has 4 rings (SSSR count). The summed E-state index contributed by atoms with van der Waals surface area (Å²) < 4.78 is 46.0. The molecule has 2 aromatic carbocycles. The number of methoxy groups -OCH3 is 1. The molecule has 2 atom stereocenters. The maximum absolute atomic E-state index is 13.0. The molecule has 0 radical (unpaired) electrons. The number of fused-ring (bicyclic) bond motifs is 1. The second-order valence-corrected chi connectivity index (χ2v) is 10.5. The first-order chi connectivity index (χ1) is 16.4.